The number of benzene rings is 3. The fourth-order valence-corrected chi connectivity index (χ4v) is 4.30. The molecule has 0 aromatic heterocycles. The number of hydrogen-bond acceptors (Lipinski definition) is 2. The predicted octanol–water partition coefficient (Wildman–Crippen LogP) is 5.35. The predicted molar refractivity (Wildman–Crippen MR) is 112 cm³/mol. The van der Waals surface area contributed by atoms with E-state index in [1.807, 2.05) is 37.3 Å². The van der Waals surface area contributed by atoms with Gasteiger partial charge in [0, 0.05) is 0 Å². The van der Waals surface area contributed by atoms with Gasteiger partial charge in [-0.05, 0) is 75.6 Å². The number of aryl methyl sites for hydroxylation is 2. The molecule has 1 aliphatic carbocycles. The van der Waals surface area contributed by atoms with Crippen LogP contribution in [0.3, 0.4) is 0 Å². The number of amides is 1. The van der Waals surface area contributed by atoms with Crippen LogP contribution in [0.25, 0.3) is 10.8 Å². The molecule has 0 radical (unpaired) electrons. The molecule has 4 heteroatoms. The molecule has 1 amide bonds. The monoisotopic (exact) mass is 423 g/mol. The van der Waals surface area contributed by atoms with Crippen molar-refractivity contribution in [3.8, 4) is 5.75 Å². The average molecular weight is 424 g/mol. The number of nitrogens with one attached hydrogen (secondary N) is 1. The number of halogens is 1. The highest BCUT2D eigenvalue weighted by Crippen LogP contribution is 2.33. The first-order valence-electron chi connectivity index (χ1n) is 9.33. The molecule has 0 bridgehead atoms. The minimum atomic E-state index is -0.122. The minimum Gasteiger partial charge on any atom is -0.483 e. The van der Waals surface area contributed by atoms with Crippen LogP contribution in [0.5, 0.6) is 5.75 Å². The highest BCUT2D eigenvalue weighted by Gasteiger charge is 2.15. The Morgan fingerprint density at radius 2 is 1.93 bits per heavy atom. The van der Waals surface area contributed by atoms with Gasteiger partial charge in [-0.15, -0.1) is 0 Å². The second kappa shape index (κ2) is 7.73. The quantitative estimate of drug-likeness (QED) is 0.600. The SMILES string of the molecule is CC(NC(=O)COc1ccc2ccccc2c1Br)c1ccc2c(c1)CCC2. The number of rotatable bonds is 5. The Balaban J connectivity index is 1.39. The van der Waals surface area contributed by atoms with Gasteiger partial charge in [0.05, 0.1) is 10.5 Å². The zero-order valence-electron chi connectivity index (χ0n) is 15.3. The summed E-state index contributed by atoms with van der Waals surface area (Å²) in [4.78, 5) is 12.4. The van der Waals surface area contributed by atoms with E-state index in [9.17, 15) is 4.79 Å². The standard InChI is InChI=1S/C23H22BrNO2/c1-15(18-10-9-16-6-4-7-19(16)13-18)25-22(26)14-27-21-12-11-17-5-2-3-8-20(17)23(21)24/h2-3,5,8-13,15H,4,6-7,14H2,1H3,(H,25,26). The lowest BCUT2D eigenvalue weighted by Crippen LogP contribution is -2.31. The van der Waals surface area contributed by atoms with Crippen molar-refractivity contribution in [3.05, 3.63) is 75.8 Å². The van der Waals surface area contributed by atoms with Crippen molar-refractivity contribution in [2.45, 2.75) is 32.2 Å². The minimum absolute atomic E-state index is 0.00772. The maximum atomic E-state index is 12.4. The molecule has 1 atom stereocenters. The van der Waals surface area contributed by atoms with Crippen molar-refractivity contribution in [1.29, 1.82) is 0 Å². The van der Waals surface area contributed by atoms with Crippen molar-refractivity contribution < 1.29 is 9.53 Å². The van der Waals surface area contributed by atoms with E-state index >= 15 is 0 Å². The number of ether oxygens (including phenoxy) is 1. The topological polar surface area (TPSA) is 38.3 Å². The smallest absolute Gasteiger partial charge is 0.258 e. The first-order chi connectivity index (χ1) is 13.1. The third kappa shape index (κ3) is 3.86. The zero-order chi connectivity index (χ0) is 18.8. The molecule has 1 unspecified atom stereocenters. The van der Waals surface area contributed by atoms with Crippen LogP contribution < -0.4 is 10.1 Å². The first-order valence-corrected chi connectivity index (χ1v) is 10.1. The van der Waals surface area contributed by atoms with E-state index in [1.165, 1.54) is 24.0 Å². The molecular formula is C23H22BrNO2. The van der Waals surface area contributed by atoms with Crippen LogP contribution in [-0.4, -0.2) is 12.5 Å². The van der Waals surface area contributed by atoms with Gasteiger partial charge in [-0.3, -0.25) is 4.79 Å². The summed E-state index contributed by atoms with van der Waals surface area (Å²) < 4.78 is 6.63. The third-order valence-corrected chi connectivity index (χ3v) is 6.00. The summed E-state index contributed by atoms with van der Waals surface area (Å²) in [6.45, 7) is 2.01. The van der Waals surface area contributed by atoms with E-state index in [0.717, 1.165) is 27.2 Å². The molecule has 0 spiro atoms. The molecule has 3 aromatic rings. The summed E-state index contributed by atoms with van der Waals surface area (Å²) in [5.41, 5.74) is 4.02. The number of carbonyl (C=O) groups excluding carboxylic acids is 1. The molecule has 0 saturated carbocycles. The Labute approximate surface area is 167 Å². The van der Waals surface area contributed by atoms with Crippen LogP contribution in [0.2, 0.25) is 0 Å². The van der Waals surface area contributed by atoms with E-state index in [-0.39, 0.29) is 18.6 Å². The molecule has 4 rings (SSSR count). The Morgan fingerprint density at radius 3 is 2.81 bits per heavy atom. The molecule has 0 aliphatic heterocycles. The number of carbonyl (C=O) groups is 1. The summed E-state index contributed by atoms with van der Waals surface area (Å²) in [6.07, 6.45) is 3.54. The number of hydrogen-bond donors (Lipinski definition) is 1. The lowest BCUT2D eigenvalue weighted by Gasteiger charge is -2.16. The molecule has 138 valence electrons. The van der Waals surface area contributed by atoms with Crippen molar-refractivity contribution in [2.75, 3.05) is 6.61 Å². The van der Waals surface area contributed by atoms with Gasteiger partial charge in [-0.25, -0.2) is 0 Å². The van der Waals surface area contributed by atoms with Crippen molar-refractivity contribution >= 4 is 32.6 Å². The van der Waals surface area contributed by atoms with Crippen LogP contribution in [0.15, 0.2) is 59.1 Å². The molecular weight excluding hydrogens is 402 g/mol. The molecule has 0 heterocycles. The Morgan fingerprint density at radius 1 is 1.11 bits per heavy atom. The van der Waals surface area contributed by atoms with Crippen LogP contribution in [0, 0.1) is 0 Å². The Hall–Kier alpha value is -2.33. The Bertz CT molecular complexity index is 999. The van der Waals surface area contributed by atoms with Crippen molar-refractivity contribution in [2.24, 2.45) is 0 Å². The van der Waals surface area contributed by atoms with Crippen LogP contribution >= 0.6 is 15.9 Å². The first kappa shape index (κ1) is 18.1. The maximum Gasteiger partial charge on any atom is 0.258 e. The summed E-state index contributed by atoms with van der Waals surface area (Å²) in [6, 6.07) is 18.5. The van der Waals surface area contributed by atoms with Crippen molar-refractivity contribution in [1.82, 2.24) is 5.32 Å². The fraction of sp³-hybridized carbons (Fsp3) is 0.261. The number of fused-ring (bicyclic) bond motifs is 2. The molecule has 0 saturated heterocycles. The second-order valence-corrected chi connectivity index (χ2v) is 7.85. The second-order valence-electron chi connectivity index (χ2n) is 7.06. The van der Waals surface area contributed by atoms with Gasteiger partial charge in [0.15, 0.2) is 6.61 Å². The summed E-state index contributed by atoms with van der Waals surface area (Å²) in [7, 11) is 0. The molecule has 1 aliphatic rings. The average Bonchev–Trinajstić information content (AvgIpc) is 3.15. The lowest BCUT2D eigenvalue weighted by atomic mass is 10.0. The van der Waals surface area contributed by atoms with Crippen molar-refractivity contribution in [3.63, 3.8) is 0 Å². The van der Waals surface area contributed by atoms with E-state index in [4.69, 9.17) is 4.74 Å². The molecule has 3 aromatic carbocycles. The lowest BCUT2D eigenvalue weighted by molar-refractivity contribution is -0.123. The molecule has 3 nitrogen and oxygen atoms in total. The normalized spacial score (nSPS) is 14.0. The molecule has 27 heavy (non-hydrogen) atoms. The summed E-state index contributed by atoms with van der Waals surface area (Å²) in [5.74, 6) is 0.553. The summed E-state index contributed by atoms with van der Waals surface area (Å²) in [5, 5.41) is 5.24. The van der Waals surface area contributed by atoms with Gasteiger partial charge in [0.25, 0.3) is 5.91 Å². The van der Waals surface area contributed by atoms with Gasteiger partial charge in [0.1, 0.15) is 5.75 Å². The van der Waals surface area contributed by atoms with Crippen LogP contribution in [-0.2, 0) is 17.6 Å². The molecule has 0 fully saturated rings. The van der Waals surface area contributed by atoms with E-state index in [2.05, 4.69) is 45.5 Å². The van der Waals surface area contributed by atoms with E-state index < -0.39 is 0 Å². The van der Waals surface area contributed by atoms with Crippen LogP contribution in [0.4, 0.5) is 0 Å². The van der Waals surface area contributed by atoms with Gasteiger partial charge in [-0.1, -0.05) is 48.5 Å². The molecule has 1 N–H and O–H groups in total. The zero-order valence-corrected chi connectivity index (χ0v) is 16.9. The highest BCUT2D eigenvalue weighted by atomic mass is 79.9. The maximum absolute atomic E-state index is 12.4. The summed E-state index contributed by atoms with van der Waals surface area (Å²) >= 11 is 3.59. The highest BCUT2D eigenvalue weighted by molar-refractivity contribution is 9.10. The van der Waals surface area contributed by atoms with E-state index in [1.54, 1.807) is 0 Å². The van der Waals surface area contributed by atoms with Gasteiger partial charge in [0.2, 0.25) is 0 Å². The van der Waals surface area contributed by atoms with Gasteiger partial charge < -0.3 is 10.1 Å². The van der Waals surface area contributed by atoms with Gasteiger partial charge in [-0.2, -0.15) is 0 Å². The van der Waals surface area contributed by atoms with Crippen LogP contribution in [0.1, 0.15) is 36.1 Å². The Kier molecular flexibility index (Phi) is 5.17. The largest absolute Gasteiger partial charge is 0.483 e. The van der Waals surface area contributed by atoms with E-state index in [0.29, 0.717) is 5.75 Å². The van der Waals surface area contributed by atoms with Gasteiger partial charge >= 0.3 is 0 Å². The third-order valence-electron chi connectivity index (χ3n) is 5.19. The fourth-order valence-electron chi connectivity index (χ4n) is 3.70.